The number of piperidine rings is 1. The molecule has 1 aromatic heterocycles. The molecule has 2 atom stereocenters. The molecule has 0 bridgehead atoms. The lowest BCUT2D eigenvalue weighted by Gasteiger charge is -2.32. The van der Waals surface area contributed by atoms with E-state index in [0.29, 0.717) is 19.4 Å². The van der Waals surface area contributed by atoms with Crippen molar-refractivity contribution in [1.82, 2.24) is 14.1 Å². The fraction of sp³-hybridized carbons (Fsp3) is 0.786. The van der Waals surface area contributed by atoms with E-state index in [1.165, 1.54) is 15.2 Å². The Balaban J connectivity index is 2.10. The zero-order valence-electron chi connectivity index (χ0n) is 13.3. The molecule has 9 heteroatoms. The molecule has 5 nitrogen and oxygen atoms in total. The third-order valence-corrected chi connectivity index (χ3v) is 6.33. The van der Waals surface area contributed by atoms with Crippen LogP contribution >= 0.6 is 0 Å². The minimum Gasteiger partial charge on any atom is -0.268 e. The van der Waals surface area contributed by atoms with Crippen LogP contribution in [-0.4, -0.2) is 41.3 Å². The zero-order valence-corrected chi connectivity index (χ0v) is 14.1. The standard InChI is InChI=1S/C14H22F3N3O2S/c1-3-11(2)10-23(21,22)19-7-4-5-12(9-19)20-8-6-13(18-20)14(15,16)17/h6,8,11-12H,3-5,7,9-10H2,1-2H3. The van der Waals surface area contributed by atoms with Gasteiger partial charge < -0.3 is 0 Å². The van der Waals surface area contributed by atoms with Crippen molar-refractivity contribution in [3.63, 3.8) is 0 Å². The Morgan fingerprint density at radius 3 is 2.70 bits per heavy atom. The van der Waals surface area contributed by atoms with E-state index in [9.17, 15) is 21.6 Å². The highest BCUT2D eigenvalue weighted by atomic mass is 32.2. The highest BCUT2D eigenvalue weighted by Crippen LogP contribution is 2.30. The summed E-state index contributed by atoms with van der Waals surface area (Å²) in [7, 11) is -3.39. The van der Waals surface area contributed by atoms with Crippen LogP contribution in [0.2, 0.25) is 0 Å². The van der Waals surface area contributed by atoms with Crippen LogP contribution in [0.4, 0.5) is 13.2 Å². The van der Waals surface area contributed by atoms with Gasteiger partial charge in [0.2, 0.25) is 10.0 Å². The number of hydrogen-bond donors (Lipinski definition) is 0. The molecular weight excluding hydrogens is 331 g/mol. The molecule has 0 radical (unpaired) electrons. The lowest BCUT2D eigenvalue weighted by atomic mass is 10.1. The first-order valence-electron chi connectivity index (χ1n) is 7.73. The monoisotopic (exact) mass is 353 g/mol. The molecule has 1 fully saturated rings. The Morgan fingerprint density at radius 2 is 2.13 bits per heavy atom. The molecule has 0 aliphatic carbocycles. The van der Waals surface area contributed by atoms with E-state index >= 15 is 0 Å². The van der Waals surface area contributed by atoms with Gasteiger partial charge in [0, 0.05) is 19.3 Å². The van der Waals surface area contributed by atoms with Gasteiger partial charge in [-0.3, -0.25) is 4.68 Å². The van der Waals surface area contributed by atoms with Crippen LogP contribution in [0.25, 0.3) is 0 Å². The summed E-state index contributed by atoms with van der Waals surface area (Å²) < 4.78 is 65.4. The van der Waals surface area contributed by atoms with E-state index in [-0.39, 0.29) is 24.3 Å². The number of aromatic nitrogens is 2. The third kappa shape index (κ3) is 4.47. The summed E-state index contributed by atoms with van der Waals surface area (Å²) in [4.78, 5) is 0. The van der Waals surface area contributed by atoms with E-state index in [2.05, 4.69) is 5.10 Å². The summed E-state index contributed by atoms with van der Waals surface area (Å²) in [6.45, 7) is 4.41. The van der Waals surface area contributed by atoms with Crippen LogP contribution < -0.4 is 0 Å². The van der Waals surface area contributed by atoms with Gasteiger partial charge in [-0.1, -0.05) is 20.3 Å². The van der Waals surface area contributed by atoms with Crippen LogP contribution in [-0.2, 0) is 16.2 Å². The van der Waals surface area contributed by atoms with E-state index in [4.69, 9.17) is 0 Å². The number of alkyl halides is 3. The van der Waals surface area contributed by atoms with E-state index in [0.717, 1.165) is 12.5 Å². The number of hydrogen-bond acceptors (Lipinski definition) is 3. The minimum atomic E-state index is -4.48. The largest absolute Gasteiger partial charge is 0.435 e. The molecule has 1 aliphatic rings. The summed E-state index contributed by atoms with van der Waals surface area (Å²) in [5.41, 5.74) is -0.947. The molecule has 2 heterocycles. The fourth-order valence-electron chi connectivity index (χ4n) is 2.66. The number of sulfonamides is 1. The maximum Gasteiger partial charge on any atom is 0.435 e. The van der Waals surface area contributed by atoms with Gasteiger partial charge >= 0.3 is 6.18 Å². The summed E-state index contributed by atoms with van der Waals surface area (Å²) in [5.74, 6) is 0.130. The van der Waals surface area contributed by atoms with Crippen LogP contribution in [0.1, 0.15) is 44.8 Å². The SMILES string of the molecule is CCC(C)CS(=O)(=O)N1CCCC(n2ccc(C(F)(F)F)n2)C1. The van der Waals surface area contributed by atoms with Crippen LogP contribution in [0, 0.1) is 5.92 Å². The maximum absolute atomic E-state index is 12.6. The van der Waals surface area contributed by atoms with Gasteiger partial charge in [0.05, 0.1) is 11.8 Å². The first kappa shape index (κ1) is 18.3. The smallest absolute Gasteiger partial charge is 0.268 e. The van der Waals surface area contributed by atoms with Crippen molar-refractivity contribution in [3.05, 3.63) is 18.0 Å². The van der Waals surface area contributed by atoms with Gasteiger partial charge in [0.1, 0.15) is 0 Å². The molecule has 0 saturated carbocycles. The van der Waals surface area contributed by atoms with Gasteiger partial charge in [-0.2, -0.15) is 22.6 Å². The average molecular weight is 353 g/mol. The van der Waals surface area contributed by atoms with Gasteiger partial charge in [0.25, 0.3) is 0 Å². The summed E-state index contributed by atoms with van der Waals surface area (Å²) in [5, 5.41) is 3.57. The highest BCUT2D eigenvalue weighted by Gasteiger charge is 2.35. The molecule has 23 heavy (non-hydrogen) atoms. The van der Waals surface area contributed by atoms with Crippen LogP contribution in [0.5, 0.6) is 0 Å². The Labute approximate surface area is 134 Å². The Bertz CT molecular complexity index is 627. The molecule has 1 aliphatic heterocycles. The predicted octanol–water partition coefficient (Wildman–Crippen LogP) is 2.91. The average Bonchev–Trinajstić information content (AvgIpc) is 2.97. The second-order valence-electron chi connectivity index (χ2n) is 6.12. The first-order chi connectivity index (χ1) is 10.6. The third-order valence-electron chi connectivity index (χ3n) is 4.22. The fourth-order valence-corrected chi connectivity index (χ4v) is 4.64. The predicted molar refractivity (Wildman–Crippen MR) is 80.3 cm³/mol. The van der Waals surface area contributed by atoms with Gasteiger partial charge in [-0.05, 0) is 24.8 Å². The molecule has 1 aromatic rings. The highest BCUT2D eigenvalue weighted by molar-refractivity contribution is 7.89. The molecular formula is C14H22F3N3O2S. The van der Waals surface area contributed by atoms with Crippen LogP contribution in [0.15, 0.2) is 12.3 Å². The second kappa shape index (κ2) is 6.80. The Morgan fingerprint density at radius 1 is 1.43 bits per heavy atom. The quantitative estimate of drug-likeness (QED) is 0.818. The van der Waals surface area contributed by atoms with Gasteiger partial charge in [-0.15, -0.1) is 0 Å². The number of halogens is 3. The van der Waals surface area contributed by atoms with Gasteiger partial charge in [-0.25, -0.2) is 8.42 Å². The Kier molecular flexibility index (Phi) is 5.40. The topological polar surface area (TPSA) is 55.2 Å². The van der Waals surface area contributed by atoms with Crippen molar-refractivity contribution in [2.24, 2.45) is 5.92 Å². The Hall–Kier alpha value is -1.09. The summed E-state index contributed by atoms with van der Waals surface area (Å²) in [6, 6.07) is 0.568. The molecule has 1 saturated heterocycles. The van der Waals surface area contributed by atoms with Crippen molar-refractivity contribution in [2.75, 3.05) is 18.8 Å². The minimum absolute atomic E-state index is 0.0573. The molecule has 2 unspecified atom stereocenters. The van der Waals surface area contributed by atoms with Crippen molar-refractivity contribution in [1.29, 1.82) is 0 Å². The van der Waals surface area contributed by atoms with Crippen LogP contribution in [0.3, 0.4) is 0 Å². The molecule has 2 rings (SSSR count). The molecule has 132 valence electrons. The molecule has 0 spiro atoms. The molecule has 0 aromatic carbocycles. The van der Waals surface area contributed by atoms with E-state index < -0.39 is 21.9 Å². The lowest BCUT2D eigenvalue weighted by Crippen LogP contribution is -2.42. The van der Waals surface area contributed by atoms with E-state index in [1.807, 2.05) is 13.8 Å². The number of nitrogens with zero attached hydrogens (tertiary/aromatic N) is 3. The van der Waals surface area contributed by atoms with Crippen molar-refractivity contribution >= 4 is 10.0 Å². The van der Waals surface area contributed by atoms with Crippen molar-refractivity contribution in [3.8, 4) is 0 Å². The van der Waals surface area contributed by atoms with E-state index in [1.54, 1.807) is 0 Å². The number of rotatable bonds is 5. The zero-order chi connectivity index (χ0) is 17.3. The summed E-state index contributed by atoms with van der Waals surface area (Å²) in [6.07, 6.45) is -1.20. The molecule has 0 amide bonds. The van der Waals surface area contributed by atoms with Gasteiger partial charge in [0.15, 0.2) is 5.69 Å². The lowest BCUT2D eigenvalue weighted by molar-refractivity contribution is -0.141. The van der Waals surface area contributed by atoms with Crippen molar-refractivity contribution < 1.29 is 21.6 Å². The first-order valence-corrected chi connectivity index (χ1v) is 9.34. The summed E-state index contributed by atoms with van der Waals surface area (Å²) >= 11 is 0. The van der Waals surface area contributed by atoms with Crippen molar-refractivity contribution in [2.45, 2.75) is 45.3 Å². The normalized spacial score (nSPS) is 22.2. The molecule has 0 N–H and O–H groups in total. The maximum atomic E-state index is 12.6. The second-order valence-corrected chi connectivity index (χ2v) is 8.14.